The molecule has 23 heavy (non-hydrogen) atoms. The highest BCUT2D eigenvalue weighted by molar-refractivity contribution is 5.89. The number of esters is 1. The molecule has 5 nitrogen and oxygen atoms in total. The number of aliphatic hydroxyl groups is 1. The molecule has 1 saturated heterocycles. The van der Waals surface area contributed by atoms with E-state index in [2.05, 4.69) is 0 Å². The minimum atomic E-state index is -0.835. The Morgan fingerprint density at radius 1 is 1.09 bits per heavy atom. The van der Waals surface area contributed by atoms with E-state index in [0.717, 1.165) is 5.56 Å². The predicted molar refractivity (Wildman–Crippen MR) is 82.7 cm³/mol. The van der Waals surface area contributed by atoms with E-state index in [1.165, 1.54) is 0 Å². The van der Waals surface area contributed by atoms with Crippen molar-refractivity contribution in [3.8, 4) is 0 Å². The van der Waals surface area contributed by atoms with Crippen molar-refractivity contribution in [3.63, 3.8) is 0 Å². The third-order valence-corrected chi connectivity index (χ3v) is 3.61. The number of aliphatic hydroxyl groups excluding tert-OH is 1. The van der Waals surface area contributed by atoms with Crippen LogP contribution < -0.4 is 0 Å². The van der Waals surface area contributed by atoms with Crippen LogP contribution in [0.1, 0.15) is 22.2 Å². The maximum atomic E-state index is 12.0. The molecule has 0 radical (unpaired) electrons. The molecule has 0 aliphatic carbocycles. The summed E-state index contributed by atoms with van der Waals surface area (Å²) in [6.07, 6.45) is -2.03. The van der Waals surface area contributed by atoms with Gasteiger partial charge in [0.15, 0.2) is 6.29 Å². The highest BCUT2D eigenvalue weighted by Gasteiger charge is 2.32. The number of rotatable bonds is 4. The lowest BCUT2D eigenvalue weighted by molar-refractivity contribution is -0.262. The first kappa shape index (κ1) is 15.7. The quantitative estimate of drug-likeness (QED) is 0.877. The molecule has 3 rings (SSSR count). The van der Waals surface area contributed by atoms with Crippen molar-refractivity contribution in [1.29, 1.82) is 0 Å². The van der Waals surface area contributed by atoms with E-state index >= 15 is 0 Å². The maximum absolute atomic E-state index is 12.0. The number of hydrogen-bond acceptors (Lipinski definition) is 5. The third kappa shape index (κ3) is 3.96. The minimum absolute atomic E-state index is 0.0262. The van der Waals surface area contributed by atoms with E-state index in [9.17, 15) is 9.90 Å². The van der Waals surface area contributed by atoms with E-state index < -0.39 is 24.5 Å². The van der Waals surface area contributed by atoms with Crippen molar-refractivity contribution in [1.82, 2.24) is 0 Å². The van der Waals surface area contributed by atoms with Crippen LogP contribution in [0.2, 0.25) is 0 Å². The van der Waals surface area contributed by atoms with Crippen LogP contribution in [0.15, 0.2) is 60.7 Å². The van der Waals surface area contributed by atoms with Crippen molar-refractivity contribution in [2.24, 2.45) is 0 Å². The maximum Gasteiger partial charge on any atom is 0.338 e. The molecule has 0 bridgehead atoms. The predicted octanol–water partition coefficient (Wildman–Crippen LogP) is 2.32. The number of carbonyl (C=O) groups is 1. The van der Waals surface area contributed by atoms with Gasteiger partial charge in [0.25, 0.3) is 0 Å². The van der Waals surface area contributed by atoms with Crippen molar-refractivity contribution >= 4 is 5.97 Å². The van der Waals surface area contributed by atoms with Gasteiger partial charge < -0.3 is 19.3 Å². The third-order valence-electron chi connectivity index (χ3n) is 3.61. The summed E-state index contributed by atoms with van der Waals surface area (Å²) in [6, 6.07) is 18.2. The molecule has 0 aromatic heterocycles. The Hall–Kier alpha value is -2.21. The summed E-state index contributed by atoms with van der Waals surface area (Å²) in [5.41, 5.74) is 1.33. The van der Waals surface area contributed by atoms with Gasteiger partial charge in [-0.3, -0.25) is 0 Å². The second-order valence-electron chi connectivity index (χ2n) is 5.28. The van der Waals surface area contributed by atoms with Gasteiger partial charge >= 0.3 is 5.97 Å². The Morgan fingerprint density at radius 3 is 2.43 bits per heavy atom. The average molecular weight is 314 g/mol. The van der Waals surface area contributed by atoms with Gasteiger partial charge in [-0.2, -0.15) is 0 Å². The SMILES string of the molecule is O=C(OC[C@@H]1OC(c2ccccc2)OCC1O)c1ccccc1. The summed E-state index contributed by atoms with van der Waals surface area (Å²) in [5, 5.41) is 9.98. The summed E-state index contributed by atoms with van der Waals surface area (Å²) in [7, 11) is 0. The molecule has 2 aromatic carbocycles. The molecule has 0 saturated carbocycles. The molecule has 1 aliphatic rings. The zero-order valence-corrected chi connectivity index (χ0v) is 12.5. The van der Waals surface area contributed by atoms with Gasteiger partial charge in [-0.05, 0) is 12.1 Å². The minimum Gasteiger partial charge on any atom is -0.459 e. The normalized spacial score (nSPS) is 24.1. The molecule has 2 aromatic rings. The lowest BCUT2D eigenvalue weighted by Gasteiger charge is -2.33. The fraction of sp³-hybridized carbons (Fsp3) is 0.278. The summed E-state index contributed by atoms with van der Waals surface area (Å²) < 4.78 is 16.4. The monoisotopic (exact) mass is 314 g/mol. The van der Waals surface area contributed by atoms with Crippen molar-refractivity contribution in [2.45, 2.75) is 18.5 Å². The molecule has 3 atom stereocenters. The molecule has 2 unspecified atom stereocenters. The number of benzene rings is 2. The fourth-order valence-electron chi connectivity index (χ4n) is 2.33. The van der Waals surface area contributed by atoms with E-state index in [4.69, 9.17) is 14.2 Å². The van der Waals surface area contributed by atoms with Crippen LogP contribution >= 0.6 is 0 Å². The number of carbonyl (C=O) groups excluding carboxylic acids is 1. The van der Waals surface area contributed by atoms with Crippen LogP contribution in [-0.4, -0.2) is 36.5 Å². The Kier molecular flexibility index (Phi) is 5.02. The lowest BCUT2D eigenvalue weighted by atomic mass is 10.1. The molecule has 1 N–H and O–H groups in total. The summed E-state index contributed by atoms with van der Waals surface area (Å²) in [4.78, 5) is 12.0. The molecule has 1 aliphatic heterocycles. The van der Waals surface area contributed by atoms with Crippen LogP contribution in [0.3, 0.4) is 0 Å². The lowest BCUT2D eigenvalue weighted by Crippen LogP contribution is -2.43. The van der Waals surface area contributed by atoms with Crippen LogP contribution in [0, 0.1) is 0 Å². The molecule has 5 heteroatoms. The summed E-state index contributed by atoms with van der Waals surface area (Å²) in [6.45, 7) is 0.106. The average Bonchev–Trinajstić information content (AvgIpc) is 2.62. The van der Waals surface area contributed by atoms with Crippen LogP contribution in [0.25, 0.3) is 0 Å². The Morgan fingerprint density at radius 2 is 1.74 bits per heavy atom. The fourth-order valence-corrected chi connectivity index (χ4v) is 2.33. The highest BCUT2D eigenvalue weighted by atomic mass is 16.7. The first-order valence-electron chi connectivity index (χ1n) is 7.46. The molecule has 120 valence electrons. The van der Waals surface area contributed by atoms with Gasteiger partial charge in [0.05, 0.1) is 12.2 Å². The zero-order valence-electron chi connectivity index (χ0n) is 12.5. The highest BCUT2D eigenvalue weighted by Crippen LogP contribution is 2.26. The zero-order chi connectivity index (χ0) is 16.1. The van der Waals surface area contributed by atoms with Gasteiger partial charge in [-0.15, -0.1) is 0 Å². The Balaban J connectivity index is 1.59. The van der Waals surface area contributed by atoms with Gasteiger partial charge in [0, 0.05) is 5.56 Å². The first-order valence-corrected chi connectivity index (χ1v) is 7.46. The van der Waals surface area contributed by atoms with Crippen LogP contribution in [0.4, 0.5) is 0 Å². The van der Waals surface area contributed by atoms with Crippen LogP contribution in [-0.2, 0) is 14.2 Å². The largest absolute Gasteiger partial charge is 0.459 e. The van der Waals surface area contributed by atoms with Gasteiger partial charge in [0.2, 0.25) is 0 Å². The molecule has 0 spiro atoms. The van der Waals surface area contributed by atoms with Crippen LogP contribution in [0.5, 0.6) is 0 Å². The molecule has 1 heterocycles. The van der Waals surface area contributed by atoms with E-state index in [1.807, 2.05) is 36.4 Å². The topological polar surface area (TPSA) is 65.0 Å². The van der Waals surface area contributed by atoms with Gasteiger partial charge in [-0.1, -0.05) is 48.5 Å². The standard InChI is InChI=1S/C18H18O5/c19-15-11-22-18(14-9-5-2-6-10-14)23-16(15)12-21-17(20)13-7-3-1-4-8-13/h1-10,15-16,18-19H,11-12H2/t15?,16-,18?/m0/s1. The van der Waals surface area contributed by atoms with Gasteiger partial charge in [0.1, 0.15) is 18.8 Å². The van der Waals surface area contributed by atoms with E-state index in [-0.39, 0.29) is 13.2 Å². The molecule has 1 fully saturated rings. The molecular formula is C18H18O5. The summed E-state index contributed by atoms with van der Waals surface area (Å²) >= 11 is 0. The van der Waals surface area contributed by atoms with E-state index in [0.29, 0.717) is 5.56 Å². The van der Waals surface area contributed by atoms with Crippen molar-refractivity contribution in [3.05, 3.63) is 71.8 Å². The van der Waals surface area contributed by atoms with Gasteiger partial charge in [-0.25, -0.2) is 4.79 Å². The first-order chi connectivity index (χ1) is 11.2. The smallest absolute Gasteiger partial charge is 0.338 e. The second kappa shape index (κ2) is 7.37. The van der Waals surface area contributed by atoms with Crippen molar-refractivity contribution < 1.29 is 24.1 Å². The summed E-state index contributed by atoms with van der Waals surface area (Å²) in [5.74, 6) is -0.441. The Bertz CT molecular complexity index is 628. The molecule has 0 amide bonds. The second-order valence-corrected chi connectivity index (χ2v) is 5.28. The Labute approximate surface area is 134 Å². The number of ether oxygens (including phenoxy) is 3. The number of hydrogen-bond donors (Lipinski definition) is 1. The van der Waals surface area contributed by atoms with E-state index in [1.54, 1.807) is 24.3 Å². The molecular weight excluding hydrogens is 296 g/mol. The van der Waals surface area contributed by atoms with Crippen molar-refractivity contribution in [2.75, 3.05) is 13.2 Å².